The number of hydrogen-bond acceptors (Lipinski definition) is 3. The van der Waals surface area contributed by atoms with Crippen LogP contribution in [0.1, 0.15) is 84.1 Å². The lowest BCUT2D eigenvalue weighted by Crippen LogP contribution is -2.49. The maximum absolute atomic E-state index is 13.3. The number of aryl methyl sites for hydroxylation is 1. The maximum atomic E-state index is 13.3. The summed E-state index contributed by atoms with van der Waals surface area (Å²) in [5.41, 5.74) is 1.66. The summed E-state index contributed by atoms with van der Waals surface area (Å²) >= 11 is 0. The Labute approximate surface area is 218 Å². The van der Waals surface area contributed by atoms with Crippen LogP contribution in [0.2, 0.25) is 0 Å². The van der Waals surface area contributed by atoms with Crippen LogP contribution < -0.4 is 5.32 Å². The number of likely N-dealkylation sites (N-methyl/N-ethyl adjacent to an activating group) is 1. The first-order valence-corrected chi connectivity index (χ1v) is 14.3. The molecule has 1 heterocycles. The maximum Gasteiger partial charge on any atom is 0.317 e. The third-order valence-corrected chi connectivity index (χ3v) is 8.84. The molecule has 4 fully saturated rings. The summed E-state index contributed by atoms with van der Waals surface area (Å²) in [6, 6.07) is 4.08. The predicted molar refractivity (Wildman–Crippen MR) is 144 cm³/mol. The average Bonchev–Trinajstić information content (AvgIpc) is 2.80. The lowest BCUT2D eigenvalue weighted by molar-refractivity contribution is -0.131. The van der Waals surface area contributed by atoms with Crippen molar-refractivity contribution in [1.29, 1.82) is 0 Å². The van der Waals surface area contributed by atoms with Crippen molar-refractivity contribution in [2.24, 2.45) is 28.6 Å². The Kier molecular flexibility index (Phi) is 8.62. The van der Waals surface area contributed by atoms with Crippen LogP contribution in [0.4, 0.5) is 4.79 Å². The predicted octanol–water partition coefficient (Wildman–Crippen LogP) is 5.53. The van der Waals surface area contributed by atoms with Gasteiger partial charge in [0.15, 0.2) is 0 Å². The molecule has 1 aromatic rings. The van der Waals surface area contributed by atoms with Gasteiger partial charge in [-0.05, 0) is 104 Å². The molecule has 1 aromatic heterocycles. The van der Waals surface area contributed by atoms with E-state index in [1.165, 1.54) is 44.1 Å². The molecular formula is C30H48N4O2. The summed E-state index contributed by atoms with van der Waals surface area (Å²) in [6.07, 6.45) is 15.5. The van der Waals surface area contributed by atoms with Crippen LogP contribution in [0.3, 0.4) is 0 Å². The molecular weight excluding hydrogens is 448 g/mol. The second-order valence-corrected chi connectivity index (χ2v) is 13.4. The Morgan fingerprint density at radius 3 is 2.19 bits per heavy atom. The summed E-state index contributed by atoms with van der Waals surface area (Å²) in [5, 5.41) is 3.17. The lowest BCUT2D eigenvalue weighted by Gasteiger charge is -2.57. The second-order valence-electron chi connectivity index (χ2n) is 13.4. The van der Waals surface area contributed by atoms with E-state index >= 15 is 0 Å². The minimum absolute atomic E-state index is 0.0196. The third kappa shape index (κ3) is 7.45. The van der Waals surface area contributed by atoms with Gasteiger partial charge >= 0.3 is 6.03 Å². The molecule has 4 bridgehead atoms. The zero-order chi connectivity index (χ0) is 25.8. The second kappa shape index (κ2) is 11.5. The number of pyridine rings is 1. The van der Waals surface area contributed by atoms with E-state index in [9.17, 15) is 9.59 Å². The van der Waals surface area contributed by atoms with E-state index in [1.54, 1.807) is 4.90 Å². The van der Waals surface area contributed by atoms with Gasteiger partial charge in [-0.15, -0.1) is 0 Å². The summed E-state index contributed by atoms with van der Waals surface area (Å²) < 4.78 is 0. The lowest BCUT2D eigenvalue weighted by atomic mass is 9.49. The van der Waals surface area contributed by atoms with Crippen LogP contribution in [0.25, 0.3) is 0 Å². The van der Waals surface area contributed by atoms with Crippen molar-refractivity contribution < 1.29 is 9.59 Å². The molecule has 0 unspecified atom stereocenters. The van der Waals surface area contributed by atoms with Gasteiger partial charge in [-0.1, -0.05) is 20.8 Å². The molecule has 0 saturated heterocycles. The van der Waals surface area contributed by atoms with E-state index in [4.69, 9.17) is 0 Å². The standard InChI is InChI=1S/C30H48N4O2/c1-29(2,3)22-27(35)33(4)14-15-34(28(36)32-10-5-6-23-7-11-31-12-8-23)13-9-30-19-24-16-25(20-30)18-26(17-24)21-30/h7-8,11-12,24-26H,5-6,9-10,13-22H2,1-4H3,(H,32,36). The van der Waals surface area contributed by atoms with Crippen molar-refractivity contribution in [3.8, 4) is 0 Å². The van der Waals surface area contributed by atoms with Crippen molar-refractivity contribution in [2.75, 3.05) is 33.2 Å². The highest BCUT2D eigenvalue weighted by atomic mass is 16.2. The molecule has 0 radical (unpaired) electrons. The quantitative estimate of drug-likeness (QED) is 0.410. The molecule has 0 atom stereocenters. The zero-order valence-electron chi connectivity index (χ0n) is 23.1. The van der Waals surface area contributed by atoms with Crippen LogP contribution >= 0.6 is 0 Å². The first-order chi connectivity index (χ1) is 17.1. The van der Waals surface area contributed by atoms with Crippen molar-refractivity contribution >= 4 is 11.9 Å². The monoisotopic (exact) mass is 496 g/mol. The fourth-order valence-corrected chi connectivity index (χ4v) is 7.42. The molecule has 0 spiro atoms. The molecule has 0 aromatic carbocycles. The number of hydrogen-bond donors (Lipinski definition) is 1. The van der Waals surface area contributed by atoms with Gasteiger partial charge in [-0.25, -0.2) is 4.79 Å². The van der Waals surface area contributed by atoms with E-state index in [0.29, 0.717) is 31.5 Å². The van der Waals surface area contributed by atoms with Crippen LogP contribution in [-0.2, 0) is 11.2 Å². The number of amides is 3. The summed E-state index contributed by atoms with van der Waals surface area (Å²) in [6.45, 7) is 8.91. The van der Waals surface area contributed by atoms with Crippen molar-refractivity contribution in [2.45, 2.75) is 85.0 Å². The Morgan fingerprint density at radius 1 is 1.00 bits per heavy atom. The average molecular weight is 497 g/mol. The summed E-state index contributed by atoms with van der Waals surface area (Å²) in [5.74, 6) is 2.93. The first kappa shape index (κ1) is 26.9. The highest BCUT2D eigenvalue weighted by Gasteiger charge is 2.50. The molecule has 1 N–H and O–H groups in total. The Morgan fingerprint density at radius 2 is 1.61 bits per heavy atom. The highest BCUT2D eigenvalue weighted by molar-refractivity contribution is 5.77. The fourth-order valence-electron chi connectivity index (χ4n) is 7.42. The van der Waals surface area contributed by atoms with Crippen LogP contribution in [0.15, 0.2) is 24.5 Å². The SMILES string of the molecule is CN(CCN(CCC12CC3CC(CC(C3)C1)C2)C(=O)NCCCc1ccncc1)C(=O)CC(C)(C)C. The normalized spacial score (nSPS) is 26.6. The molecule has 4 saturated carbocycles. The van der Waals surface area contributed by atoms with E-state index in [-0.39, 0.29) is 17.4 Å². The molecule has 5 rings (SSSR count). The number of carbonyl (C=O) groups is 2. The van der Waals surface area contributed by atoms with E-state index < -0.39 is 0 Å². The molecule has 0 aliphatic heterocycles. The van der Waals surface area contributed by atoms with Gasteiger partial charge in [0.25, 0.3) is 0 Å². The van der Waals surface area contributed by atoms with Gasteiger partial charge in [-0.3, -0.25) is 9.78 Å². The molecule has 6 heteroatoms. The van der Waals surface area contributed by atoms with Gasteiger partial charge in [0, 0.05) is 52.0 Å². The fraction of sp³-hybridized carbons (Fsp3) is 0.767. The summed E-state index contributed by atoms with van der Waals surface area (Å²) in [7, 11) is 1.87. The van der Waals surface area contributed by atoms with Crippen molar-refractivity contribution in [3.63, 3.8) is 0 Å². The van der Waals surface area contributed by atoms with Gasteiger partial charge in [0.2, 0.25) is 5.91 Å². The zero-order valence-corrected chi connectivity index (χ0v) is 23.1. The molecule has 6 nitrogen and oxygen atoms in total. The molecule has 36 heavy (non-hydrogen) atoms. The minimum Gasteiger partial charge on any atom is -0.344 e. The number of nitrogens with one attached hydrogen (secondary N) is 1. The van der Waals surface area contributed by atoms with Crippen LogP contribution in [0.5, 0.6) is 0 Å². The number of nitrogens with zero attached hydrogens (tertiary/aromatic N) is 3. The van der Waals surface area contributed by atoms with E-state index in [2.05, 4.69) is 31.1 Å². The molecule has 200 valence electrons. The Bertz CT molecular complexity index is 843. The highest BCUT2D eigenvalue weighted by Crippen LogP contribution is 2.61. The number of carbonyl (C=O) groups excluding carboxylic acids is 2. The van der Waals surface area contributed by atoms with E-state index in [0.717, 1.165) is 43.6 Å². The largest absolute Gasteiger partial charge is 0.344 e. The molecule has 4 aliphatic carbocycles. The number of aromatic nitrogens is 1. The Hall–Kier alpha value is -2.11. The van der Waals surface area contributed by atoms with Gasteiger partial charge < -0.3 is 15.1 Å². The van der Waals surface area contributed by atoms with E-state index in [1.807, 2.05) is 36.5 Å². The first-order valence-electron chi connectivity index (χ1n) is 14.3. The van der Waals surface area contributed by atoms with Crippen LogP contribution in [-0.4, -0.2) is 59.9 Å². The summed E-state index contributed by atoms with van der Waals surface area (Å²) in [4.78, 5) is 33.8. The minimum atomic E-state index is -0.0320. The van der Waals surface area contributed by atoms with Gasteiger partial charge in [-0.2, -0.15) is 0 Å². The van der Waals surface area contributed by atoms with Gasteiger partial charge in [0.05, 0.1) is 0 Å². The smallest absolute Gasteiger partial charge is 0.317 e. The molecule has 3 amide bonds. The number of rotatable bonds is 11. The van der Waals surface area contributed by atoms with Crippen molar-refractivity contribution in [1.82, 2.24) is 20.1 Å². The van der Waals surface area contributed by atoms with Crippen molar-refractivity contribution in [3.05, 3.63) is 30.1 Å². The van der Waals surface area contributed by atoms with Crippen LogP contribution in [0, 0.1) is 28.6 Å². The number of urea groups is 1. The molecule has 4 aliphatic rings. The third-order valence-electron chi connectivity index (χ3n) is 8.84. The van der Waals surface area contributed by atoms with Gasteiger partial charge in [0.1, 0.15) is 0 Å². The Balaban J connectivity index is 1.31. The topological polar surface area (TPSA) is 65.5 Å².